The highest BCUT2D eigenvalue weighted by molar-refractivity contribution is 5.12. The molecule has 0 bridgehead atoms. The number of hydrogen-bond acceptors (Lipinski definition) is 1. The molecule has 0 aliphatic carbocycles. The molecular formula is C10H17N. The molecule has 0 amide bonds. The van der Waals surface area contributed by atoms with E-state index in [0.29, 0.717) is 0 Å². The zero-order valence-corrected chi connectivity index (χ0v) is 7.65. The first-order chi connectivity index (χ1) is 5.16. The van der Waals surface area contributed by atoms with E-state index in [2.05, 4.69) is 24.9 Å². The molecule has 0 fully saturated rings. The summed E-state index contributed by atoms with van der Waals surface area (Å²) in [5.41, 5.74) is 2.10. The van der Waals surface area contributed by atoms with Crippen LogP contribution in [0.3, 0.4) is 0 Å². The van der Waals surface area contributed by atoms with Gasteiger partial charge in [-0.15, -0.1) is 0 Å². The van der Waals surface area contributed by atoms with E-state index >= 15 is 0 Å². The molecule has 1 N–H and O–H groups in total. The van der Waals surface area contributed by atoms with Crippen molar-refractivity contribution in [3.8, 4) is 0 Å². The van der Waals surface area contributed by atoms with E-state index in [1.54, 1.807) is 0 Å². The molecule has 0 atom stereocenters. The van der Waals surface area contributed by atoms with Crippen LogP contribution in [0.2, 0.25) is 0 Å². The highest BCUT2D eigenvalue weighted by Gasteiger charge is 1.82. The van der Waals surface area contributed by atoms with Crippen LogP contribution in [0.25, 0.3) is 0 Å². The molecule has 0 aromatic rings. The molecule has 0 aliphatic rings. The highest BCUT2D eigenvalue weighted by atomic mass is 14.9. The van der Waals surface area contributed by atoms with Crippen molar-refractivity contribution >= 4 is 0 Å². The van der Waals surface area contributed by atoms with Gasteiger partial charge in [0.05, 0.1) is 0 Å². The number of hydrogen-bond donors (Lipinski definition) is 1. The maximum Gasteiger partial charge on any atom is 0.0116 e. The minimum atomic E-state index is 0.976. The van der Waals surface area contributed by atoms with Crippen molar-refractivity contribution in [2.24, 2.45) is 0 Å². The number of allylic oxidation sites excluding steroid dienone is 5. The molecule has 11 heavy (non-hydrogen) atoms. The molecule has 1 heteroatoms. The quantitative estimate of drug-likeness (QED) is 0.609. The first-order valence-corrected chi connectivity index (χ1v) is 3.92. The van der Waals surface area contributed by atoms with E-state index in [-0.39, 0.29) is 0 Å². The Morgan fingerprint density at radius 1 is 1.45 bits per heavy atom. The van der Waals surface area contributed by atoms with Gasteiger partial charge in [-0.2, -0.15) is 0 Å². The molecule has 0 aromatic heterocycles. The van der Waals surface area contributed by atoms with Crippen molar-refractivity contribution in [3.63, 3.8) is 0 Å². The molecule has 0 aromatic carbocycles. The average Bonchev–Trinajstić information content (AvgIpc) is 1.86. The summed E-state index contributed by atoms with van der Waals surface area (Å²) in [5.74, 6) is 0. The third-order valence-electron chi connectivity index (χ3n) is 1.13. The lowest BCUT2D eigenvalue weighted by Gasteiger charge is -2.02. The Balaban J connectivity index is 3.81. The Kier molecular flexibility index (Phi) is 5.26. The van der Waals surface area contributed by atoms with E-state index in [1.807, 2.05) is 26.0 Å². The lowest BCUT2D eigenvalue weighted by Crippen LogP contribution is -2.05. The van der Waals surface area contributed by atoms with Gasteiger partial charge in [-0.3, -0.25) is 0 Å². The lowest BCUT2D eigenvalue weighted by molar-refractivity contribution is 0.975. The van der Waals surface area contributed by atoms with E-state index < -0.39 is 0 Å². The highest BCUT2D eigenvalue weighted by Crippen LogP contribution is 1.92. The molecule has 0 saturated carbocycles. The monoisotopic (exact) mass is 151 g/mol. The molecule has 0 rings (SSSR count). The molecular weight excluding hydrogens is 134 g/mol. The molecule has 62 valence electrons. The summed E-state index contributed by atoms with van der Waals surface area (Å²) in [4.78, 5) is 0. The number of rotatable bonds is 4. The second-order valence-corrected chi connectivity index (χ2v) is 2.59. The fraction of sp³-hybridized carbons (Fsp3) is 0.400. The van der Waals surface area contributed by atoms with Crippen molar-refractivity contribution in [2.45, 2.75) is 27.2 Å². The van der Waals surface area contributed by atoms with Gasteiger partial charge >= 0.3 is 0 Å². The first kappa shape index (κ1) is 10.0. The Bertz CT molecular complexity index is 175. The van der Waals surface area contributed by atoms with Crippen LogP contribution in [0, 0.1) is 0 Å². The largest absolute Gasteiger partial charge is 0.363 e. The van der Waals surface area contributed by atoms with Gasteiger partial charge < -0.3 is 5.32 Å². The zero-order valence-electron chi connectivity index (χ0n) is 7.65. The smallest absolute Gasteiger partial charge is 0.0116 e. The summed E-state index contributed by atoms with van der Waals surface area (Å²) in [5, 5.41) is 3.12. The van der Waals surface area contributed by atoms with Gasteiger partial charge in [-0.25, -0.2) is 0 Å². The van der Waals surface area contributed by atoms with Crippen LogP contribution in [0.5, 0.6) is 0 Å². The summed E-state index contributed by atoms with van der Waals surface area (Å²) in [7, 11) is 0. The topological polar surface area (TPSA) is 12.0 Å². The van der Waals surface area contributed by atoms with Crippen molar-refractivity contribution in [3.05, 3.63) is 36.2 Å². The first-order valence-electron chi connectivity index (χ1n) is 3.92. The normalized spacial score (nSPS) is 12.1. The van der Waals surface area contributed by atoms with Crippen molar-refractivity contribution < 1.29 is 0 Å². The fourth-order valence-corrected chi connectivity index (χ4v) is 0.727. The molecule has 1 nitrogen and oxygen atoms in total. The maximum absolute atomic E-state index is 3.75. The van der Waals surface area contributed by atoms with Gasteiger partial charge in [0, 0.05) is 11.4 Å². The molecule has 0 radical (unpaired) electrons. The molecule has 0 unspecified atom stereocenters. The van der Waals surface area contributed by atoms with Gasteiger partial charge in [0.1, 0.15) is 0 Å². The Morgan fingerprint density at radius 3 is 2.55 bits per heavy atom. The summed E-state index contributed by atoms with van der Waals surface area (Å²) in [6.07, 6.45) is 7.28. The Hall–Kier alpha value is -0.980. The third kappa shape index (κ3) is 6.91. The second-order valence-electron chi connectivity index (χ2n) is 2.59. The van der Waals surface area contributed by atoms with E-state index in [1.165, 1.54) is 0 Å². The summed E-state index contributed by atoms with van der Waals surface area (Å²) >= 11 is 0. The summed E-state index contributed by atoms with van der Waals surface area (Å²) in [6, 6.07) is 0. The number of nitrogens with one attached hydrogen (secondary N) is 1. The zero-order chi connectivity index (χ0) is 8.69. The SMILES string of the molecule is C=C(C)N/C(C)=C/C=C\CC. The summed E-state index contributed by atoms with van der Waals surface area (Å²) in [6.45, 7) is 9.83. The Morgan fingerprint density at radius 2 is 2.09 bits per heavy atom. The van der Waals surface area contributed by atoms with Crippen LogP contribution in [-0.4, -0.2) is 0 Å². The van der Waals surface area contributed by atoms with E-state index in [0.717, 1.165) is 17.8 Å². The van der Waals surface area contributed by atoms with Crippen LogP contribution in [0.15, 0.2) is 36.2 Å². The van der Waals surface area contributed by atoms with Gasteiger partial charge in [0.25, 0.3) is 0 Å². The van der Waals surface area contributed by atoms with Crippen LogP contribution >= 0.6 is 0 Å². The van der Waals surface area contributed by atoms with Gasteiger partial charge in [0.2, 0.25) is 0 Å². The van der Waals surface area contributed by atoms with Crippen LogP contribution in [0.1, 0.15) is 27.2 Å². The van der Waals surface area contributed by atoms with Crippen LogP contribution in [0.4, 0.5) is 0 Å². The third-order valence-corrected chi connectivity index (χ3v) is 1.13. The second kappa shape index (κ2) is 5.78. The van der Waals surface area contributed by atoms with E-state index in [4.69, 9.17) is 0 Å². The predicted octanol–water partition coefficient (Wildman–Crippen LogP) is 2.98. The molecule has 0 heterocycles. The van der Waals surface area contributed by atoms with Crippen molar-refractivity contribution in [2.75, 3.05) is 0 Å². The lowest BCUT2D eigenvalue weighted by atomic mass is 10.3. The average molecular weight is 151 g/mol. The predicted molar refractivity (Wildman–Crippen MR) is 51.1 cm³/mol. The van der Waals surface area contributed by atoms with Crippen LogP contribution < -0.4 is 5.32 Å². The fourth-order valence-electron chi connectivity index (χ4n) is 0.727. The minimum Gasteiger partial charge on any atom is -0.363 e. The van der Waals surface area contributed by atoms with Crippen molar-refractivity contribution in [1.29, 1.82) is 0 Å². The minimum absolute atomic E-state index is 0.976. The van der Waals surface area contributed by atoms with Gasteiger partial charge in [-0.1, -0.05) is 25.7 Å². The van der Waals surface area contributed by atoms with E-state index in [9.17, 15) is 0 Å². The molecule has 0 aliphatic heterocycles. The van der Waals surface area contributed by atoms with Gasteiger partial charge in [0.15, 0.2) is 0 Å². The van der Waals surface area contributed by atoms with Crippen LogP contribution in [-0.2, 0) is 0 Å². The van der Waals surface area contributed by atoms with Gasteiger partial charge in [-0.05, 0) is 26.3 Å². The van der Waals surface area contributed by atoms with Crippen molar-refractivity contribution in [1.82, 2.24) is 5.32 Å². The summed E-state index contributed by atoms with van der Waals surface area (Å²) < 4.78 is 0. The molecule has 0 saturated heterocycles. The maximum atomic E-state index is 3.75. The standard InChI is InChI=1S/C10H17N/c1-5-6-7-8-10(4)11-9(2)3/h6-8,11H,2,5H2,1,3-4H3/b7-6-,10-8+. The molecule has 0 spiro atoms. The Labute approximate surface area is 69.5 Å².